The second-order valence-electron chi connectivity index (χ2n) is 3.91. The number of furan rings is 1. The normalized spacial score (nSPS) is 10.1. The van der Waals surface area contributed by atoms with Crippen LogP contribution in [-0.4, -0.2) is 12.5 Å². The van der Waals surface area contributed by atoms with E-state index in [1.165, 1.54) is 6.07 Å². The van der Waals surface area contributed by atoms with Crippen LogP contribution < -0.4 is 20.7 Å². The Hall–Kier alpha value is -2.47. The van der Waals surface area contributed by atoms with E-state index in [1.807, 2.05) is 30.5 Å². The monoisotopic (exact) mass is 276 g/mol. The summed E-state index contributed by atoms with van der Waals surface area (Å²) in [4.78, 5) is 11.2. The van der Waals surface area contributed by atoms with Gasteiger partial charge in [-0.2, -0.15) is 0 Å². The molecule has 6 nitrogen and oxygen atoms in total. The molecule has 1 amide bonds. The average molecular weight is 276 g/mol. The van der Waals surface area contributed by atoms with Crippen LogP contribution in [0.4, 0.5) is 0 Å². The third kappa shape index (κ3) is 3.30. The van der Waals surface area contributed by atoms with Gasteiger partial charge in [0.15, 0.2) is 17.3 Å². The number of nitrogen functional groups attached to an aromatic ring is 1. The van der Waals surface area contributed by atoms with Gasteiger partial charge >= 0.3 is 5.91 Å². The maximum Gasteiger partial charge on any atom is 0.300 e. The van der Waals surface area contributed by atoms with Gasteiger partial charge < -0.3 is 13.9 Å². The van der Waals surface area contributed by atoms with Crippen molar-refractivity contribution in [2.24, 2.45) is 5.84 Å². The molecular formula is C14H16N2O4. The molecule has 20 heavy (non-hydrogen) atoms. The van der Waals surface area contributed by atoms with Gasteiger partial charge in [-0.3, -0.25) is 10.2 Å². The Morgan fingerprint density at radius 2 is 1.90 bits per heavy atom. The van der Waals surface area contributed by atoms with Crippen molar-refractivity contribution in [3.8, 4) is 11.5 Å². The first-order valence-corrected chi connectivity index (χ1v) is 6.19. The minimum absolute atomic E-state index is 0.143. The molecule has 0 fully saturated rings. The second kappa shape index (κ2) is 6.63. The summed E-state index contributed by atoms with van der Waals surface area (Å²) >= 11 is 0. The summed E-state index contributed by atoms with van der Waals surface area (Å²) in [6.45, 7) is 2.66. The Morgan fingerprint density at radius 3 is 2.55 bits per heavy atom. The number of ether oxygens (including phenoxy) is 2. The molecular weight excluding hydrogens is 260 g/mol. The zero-order chi connectivity index (χ0) is 14.4. The van der Waals surface area contributed by atoms with Crippen LogP contribution in [0.15, 0.2) is 40.8 Å². The number of hydrazine groups is 1. The first-order chi connectivity index (χ1) is 9.74. The van der Waals surface area contributed by atoms with Gasteiger partial charge in [-0.05, 0) is 31.2 Å². The number of hydrogen-bond donors (Lipinski definition) is 2. The Bertz CT molecular complexity index is 580. The third-order valence-corrected chi connectivity index (χ3v) is 2.54. The molecule has 3 N–H and O–H groups in total. The summed E-state index contributed by atoms with van der Waals surface area (Å²) in [7, 11) is 0. The molecule has 0 saturated heterocycles. The van der Waals surface area contributed by atoms with Gasteiger partial charge in [0, 0.05) is 0 Å². The van der Waals surface area contributed by atoms with E-state index in [-0.39, 0.29) is 12.4 Å². The van der Waals surface area contributed by atoms with Gasteiger partial charge in [-0.15, -0.1) is 0 Å². The van der Waals surface area contributed by atoms with Crippen molar-refractivity contribution in [2.45, 2.75) is 13.5 Å². The summed E-state index contributed by atoms with van der Waals surface area (Å²) in [5.74, 6) is 6.50. The van der Waals surface area contributed by atoms with E-state index in [0.717, 1.165) is 0 Å². The number of benzene rings is 1. The van der Waals surface area contributed by atoms with Crippen molar-refractivity contribution < 1.29 is 18.7 Å². The van der Waals surface area contributed by atoms with Crippen LogP contribution >= 0.6 is 0 Å². The number of carbonyl (C=O) groups is 1. The van der Waals surface area contributed by atoms with Crippen LogP contribution in [0.1, 0.15) is 23.2 Å². The lowest BCUT2D eigenvalue weighted by atomic mass is 10.3. The third-order valence-electron chi connectivity index (χ3n) is 2.54. The summed E-state index contributed by atoms with van der Waals surface area (Å²) in [5, 5.41) is 0. The first-order valence-electron chi connectivity index (χ1n) is 6.19. The molecule has 2 rings (SSSR count). The van der Waals surface area contributed by atoms with Gasteiger partial charge in [0.1, 0.15) is 12.4 Å². The zero-order valence-corrected chi connectivity index (χ0v) is 11.1. The molecule has 0 aliphatic heterocycles. The van der Waals surface area contributed by atoms with E-state index in [1.54, 1.807) is 12.1 Å². The molecule has 0 unspecified atom stereocenters. The summed E-state index contributed by atoms with van der Waals surface area (Å²) in [6.07, 6.45) is 0. The van der Waals surface area contributed by atoms with Gasteiger partial charge in [0.05, 0.1) is 6.61 Å². The maximum absolute atomic E-state index is 11.2. The fourth-order valence-corrected chi connectivity index (χ4v) is 1.64. The van der Waals surface area contributed by atoms with Crippen molar-refractivity contribution in [1.82, 2.24) is 5.43 Å². The molecule has 1 heterocycles. The summed E-state index contributed by atoms with van der Waals surface area (Å²) in [6, 6.07) is 10.6. The molecule has 0 aliphatic carbocycles. The highest BCUT2D eigenvalue weighted by molar-refractivity contribution is 5.90. The molecule has 0 spiro atoms. The van der Waals surface area contributed by atoms with Gasteiger partial charge in [-0.25, -0.2) is 5.84 Å². The van der Waals surface area contributed by atoms with Crippen LogP contribution in [0.25, 0.3) is 0 Å². The Morgan fingerprint density at radius 1 is 1.20 bits per heavy atom. The number of hydrogen-bond acceptors (Lipinski definition) is 5. The zero-order valence-electron chi connectivity index (χ0n) is 11.1. The number of rotatable bonds is 6. The van der Waals surface area contributed by atoms with Gasteiger partial charge in [-0.1, -0.05) is 12.1 Å². The Kier molecular flexibility index (Phi) is 4.62. The van der Waals surface area contributed by atoms with Crippen LogP contribution in [0, 0.1) is 0 Å². The first kappa shape index (κ1) is 14.0. The van der Waals surface area contributed by atoms with Crippen LogP contribution in [-0.2, 0) is 6.61 Å². The summed E-state index contributed by atoms with van der Waals surface area (Å²) < 4.78 is 16.4. The molecule has 0 bridgehead atoms. The van der Waals surface area contributed by atoms with E-state index in [0.29, 0.717) is 23.9 Å². The predicted octanol–water partition coefficient (Wildman–Crippen LogP) is 1.86. The molecule has 6 heteroatoms. The van der Waals surface area contributed by atoms with Gasteiger partial charge in [0.25, 0.3) is 0 Å². The number of nitrogens with two attached hydrogens (primary N) is 1. The molecule has 1 aromatic heterocycles. The largest absolute Gasteiger partial charge is 0.490 e. The predicted molar refractivity (Wildman–Crippen MR) is 72.3 cm³/mol. The topological polar surface area (TPSA) is 86.7 Å². The second-order valence-corrected chi connectivity index (χ2v) is 3.91. The van der Waals surface area contributed by atoms with Crippen molar-refractivity contribution in [3.63, 3.8) is 0 Å². The molecule has 0 aliphatic rings. The quantitative estimate of drug-likeness (QED) is 0.478. The van der Waals surface area contributed by atoms with Crippen LogP contribution in [0.3, 0.4) is 0 Å². The molecule has 2 aromatic rings. The number of para-hydroxylation sites is 2. The number of carbonyl (C=O) groups excluding carboxylic acids is 1. The van der Waals surface area contributed by atoms with Crippen molar-refractivity contribution >= 4 is 5.91 Å². The smallest absolute Gasteiger partial charge is 0.300 e. The lowest BCUT2D eigenvalue weighted by molar-refractivity contribution is 0.0921. The fourth-order valence-electron chi connectivity index (χ4n) is 1.64. The SMILES string of the molecule is CCOc1ccccc1OCc1ccc(C(=O)NN)o1. The minimum Gasteiger partial charge on any atom is -0.490 e. The molecule has 0 radical (unpaired) electrons. The Balaban J connectivity index is 2.02. The number of nitrogens with one attached hydrogen (secondary N) is 1. The molecule has 0 atom stereocenters. The lowest BCUT2D eigenvalue weighted by Crippen LogP contribution is -2.29. The highest BCUT2D eigenvalue weighted by Gasteiger charge is 2.10. The van der Waals surface area contributed by atoms with E-state index in [9.17, 15) is 4.79 Å². The van der Waals surface area contributed by atoms with E-state index < -0.39 is 5.91 Å². The lowest BCUT2D eigenvalue weighted by Gasteiger charge is -2.10. The van der Waals surface area contributed by atoms with E-state index in [4.69, 9.17) is 19.7 Å². The maximum atomic E-state index is 11.2. The van der Waals surface area contributed by atoms with Crippen LogP contribution in [0.5, 0.6) is 11.5 Å². The highest BCUT2D eigenvalue weighted by atomic mass is 16.5. The van der Waals surface area contributed by atoms with Crippen LogP contribution in [0.2, 0.25) is 0 Å². The molecule has 0 saturated carbocycles. The van der Waals surface area contributed by atoms with Crippen molar-refractivity contribution in [2.75, 3.05) is 6.61 Å². The minimum atomic E-state index is -0.481. The van der Waals surface area contributed by atoms with Crippen molar-refractivity contribution in [3.05, 3.63) is 47.9 Å². The van der Waals surface area contributed by atoms with Gasteiger partial charge in [0.2, 0.25) is 0 Å². The highest BCUT2D eigenvalue weighted by Crippen LogP contribution is 2.27. The molecule has 1 aromatic carbocycles. The van der Waals surface area contributed by atoms with E-state index in [2.05, 4.69) is 0 Å². The standard InChI is InChI=1S/C14H16N2O4/c1-2-18-11-5-3-4-6-12(11)19-9-10-7-8-13(20-10)14(17)16-15/h3-8H,2,9,15H2,1H3,(H,16,17). The average Bonchev–Trinajstić information content (AvgIpc) is 2.95. The van der Waals surface area contributed by atoms with E-state index >= 15 is 0 Å². The number of amides is 1. The van der Waals surface area contributed by atoms with Crippen molar-refractivity contribution in [1.29, 1.82) is 0 Å². The fraction of sp³-hybridized carbons (Fsp3) is 0.214. The Labute approximate surface area is 116 Å². The molecule has 106 valence electrons. The summed E-state index contributed by atoms with van der Waals surface area (Å²) in [5.41, 5.74) is 2.00.